The van der Waals surface area contributed by atoms with Crippen molar-refractivity contribution < 1.29 is 28.5 Å². The number of rotatable bonds is 8. The quantitative estimate of drug-likeness (QED) is 0.433. The summed E-state index contributed by atoms with van der Waals surface area (Å²) in [6.45, 7) is 5.68. The SMILES string of the molecule is CCC(C)OC(=O)C1C(C)=NC2=C(C(=O)CC(c3ccc(OC)cc3)C2)C1c1ccc(OC)cc1OC. The molecule has 0 N–H and O–H groups in total. The molecule has 37 heavy (non-hydrogen) atoms. The Labute approximate surface area is 218 Å². The molecule has 4 rings (SSSR count). The Hall–Kier alpha value is -3.61. The van der Waals surface area contributed by atoms with Gasteiger partial charge in [-0.3, -0.25) is 14.6 Å². The third-order valence-corrected chi connectivity index (χ3v) is 7.40. The van der Waals surface area contributed by atoms with Crippen LogP contribution in [0.15, 0.2) is 58.7 Å². The van der Waals surface area contributed by atoms with E-state index in [1.807, 2.05) is 57.2 Å². The van der Waals surface area contributed by atoms with E-state index < -0.39 is 11.8 Å². The molecule has 1 aliphatic heterocycles. The molecule has 0 amide bonds. The number of ether oxygens (including phenoxy) is 4. The summed E-state index contributed by atoms with van der Waals surface area (Å²) >= 11 is 0. The molecule has 2 aromatic carbocycles. The highest BCUT2D eigenvalue weighted by Gasteiger charge is 2.46. The average molecular weight is 506 g/mol. The molecule has 4 atom stereocenters. The number of methoxy groups -OCH3 is 3. The number of carbonyl (C=O) groups excluding carboxylic acids is 2. The predicted molar refractivity (Wildman–Crippen MR) is 142 cm³/mol. The molecule has 0 saturated heterocycles. The van der Waals surface area contributed by atoms with Crippen molar-refractivity contribution >= 4 is 17.5 Å². The summed E-state index contributed by atoms with van der Waals surface area (Å²) in [5, 5.41) is 0. The van der Waals surface area contributed by atoms with E-state index in [9.17, 15) is 9.59 Å². The number of aliphatic imine (C=N–C) groups is 1. The zero-order valence-corrected chi connectivity index (χ0v) is 22.4. The number of ketones is 1. The molecule has 4 unspecified atom stereocenters. The summed E-state index contributed by atoms with van der Waals surface area (Å²) in [6.07, 6.45) is 1.39. The number of esters is 1. The zero-order valence-electron chi connectivity index (χ0n) is 22.4. The maximum atomic E-state index is 13.8. The van der Waals surface area contributed by atoms with E-state index in [0.29, 0.717) is 42.0 Å². The molecule has 7 nitrogen and oxygen atoms in total. The molecule has 7 heteroatoms. The number of allylic oxidation sites excluding steroid dienone is 2. The van der Waals surface area contributed by atoms with Crippen LogP contribution < -0.4 is 14.2 Å². The monoisotopic (exact) mass is 505 g/mol. The summed E-state index contributed by atoms with van der Waals surface area (Å²) in [4.78, 5) is 32.2. The number of nitrogens with zero attached hydrogens (tertiary/aromatic N) is 1. The van der Waals surface area contributed by atoms with Crippen molar-refractivity contribution in [1.29, 1.82) is 0 Å². The lowest BCUT2D eigenvalue weighted by atomic mass is 9.69. The Morgan fingerprint density at radius 2 is 1.68 bits per heavy atom. The zero-order chi connectivity index (χ0) is 26.7. The van der Waals surface area contributed by atoms with Gasteiger partial charge in [0.1, 0.15) is 23.2 Å². The highest BCUT2D eigenvalue weighted by Crippen LogP contribution is 2.49. The molecule has 0 bridgehead atoms. The normalized spacial score (nSPS) is 22.1. The van der Waals surface area contributed by atoms with Crippen LogP contribution in [0.2, 0.25) is 0 Å². The molecule has 0 fully saturated rings. The van der Waals surface area contributed by atoms with Gasteiger partial charge in [0.25, 0.3) is 0 Å². The second-order valence-electron chi connectivity index (χ2n) is 9.63. The van der Waals surface area contributed by atoms with Crippen molar-refractivity contribution in [3.8, 4) is 17.2 Å². The van der Waals surface area contributed by atoms with Crippen molar-refractivity contribution in [2.75, 3.05) is 21.3 Å². The molecular formula is C30H35NO6. The molecule has 1 aliphatic carbocycles. The molecule has 196 valence electrons. The molecule has 2 aromatic rings. The lowest BCUT2D eigenvalue weighted by Gasteiger charge is -2.37. The minimum atomic E-state index is -0.725. The van der Waals surface area contributed by atoms with Crippen LogP contribution in [0.5, 0.6) is 17.2 Å². The van der Waals surface area contributed by atoms with Gasteiger partial charge >= 0.3 is 5.97 Å². The first-order valence-electron chi connectivity index (χ1n) is 12.7. The van der Waals surface area contributed by atoms with Gasteiger partial charge in [-0.1, -0.05) is 25.1 Å². The van der Waals surface area contributed by atoms with E-state index in [1.54, 1.807) is 27.4 Å². The fourth-order valence-corrected chi connectivity index (χ4v) is 5.24. The molecule has 0 saturated carbocycles. The van der Waals surface area contributed by atoms with Gasteiger partial charge in [0, 0.05) is 41.0 Å². The van der Waals surface area contributed by atoms with Crippen molar-refractivity contribution in [2.24, 2.45) is 10.9 Å². The van der Waals surface area contributed by atoms with Crippen molar-refractivity contribution in [1.82, 2.24) is 0 Å². The van der Waals surface area contributed by atoms with Crippen LogP contribution >= 0.6 is 0 Å². The van der Waals surface area contributed by atoms with Gasteiger partial charge in [-0.15, -0.1) is 0 Å². The van der Waals surface area contributed by atoms with Crippen LogP contribution in [-0.4, -0.2) is 44.9 Å². The summed E-state index contributed by atoms with van der Waals surface area (Å²) < 4.78 is 22.2. The van der Waals surface area contributed by atoms with Gasteiger partial charge in [0.15, 0.2) is 5.78 Å². The standard InChI is InChI=1S/C30H35NO6/c1-7-17(2)37-30(33)27-18(3)31-24-14-20(19-8-10-21(34-4)11-9-19)15-25(32)29(24)28(27)23-13-12-22(35-5)16-26(23)36-6/h8-13,16-17,20,27-28H,7,14-15H2,1-6H3. The minimum Gasteiger partial charge on any atom is -0.497 e. The van der Waals surface area contributed by atoms with E-state index in [0.717, 1.165) is 22.6 Å². The molecule has 0 radical (unpaired) electrons. The van der Waals surface area contributed by atoms with Crippen LogP contribution in [0.4, 0.5) is 0 Å². The Balaban J connectivity index is 1.81. The minimum absolute atomic E-state index is 0.00395. The number of hydrogen-bond donors (Lipinski definition) is 0. The van der Waals surface area contributed by atoms with Crippen molar-refractivity contribution in [3.63, 3.8) is 0 Å². The van der Waals surface area contributed by atoms with Crippen LogP contribution in [0.1, 0.15) is 63.0 Å². The first-order valence-corrected chi connectivity index (χ1v) is 12.7. The van der Waals surface area contributed by atoms with E-state index in [1.165, 1.54) is 0 Å². The third-order valence-electron chi connectivity index (χ3n) is 7.40. The lowest BCUT2D eigenvalue weighted by molar-refractivity contribution is -0.151. The molecule has 0 spiro atoms. The fourth-order valence-electron chi connectivity index (χ4n) is 5.24. The van der Waals surface area contributed by atoms with Crippen LogP contribution in [0, 0.1) is 5.92 Å². The summed E-state index contributed by atoms with van der Waals surface area (Å²) in [5.41, 5.74) is 3.74. The van der Waals surface area contributed by atoms with E-state index in [2.05, 4.69) is 0 Å². The molecule has 2 aliphatic rings. The maximum absolute atomic E-state index is 13.8. The van der Waals surface area contributed by atoms with E-state index >= 15 is 0 Å². The van der Waals surface area contributed by atoms with Crippen LogP contribution in [-0.2, 0) is 14.3 Å². The Morgan fingerprint density at radius 3 is 2.30 bits per heavy atom. The van der Waals surface area contributed by atoms with Gasteiger partial charge in [-0.25, -0.2) is 0 Å². The Bertz CT molecular complexity index is 1230. The van der Waals surface area contributed by atoms with Crippen molar-refractivity contribution in [3.05, 3.63) is 64.9 Å². The van der Waals surface area contributed by atoms with Crippen LogP contribution in [0.3, 0.4) is 0 Å². The third kappa shape index (κ3) is 5.26. The van der Waals surface area contributed by atoms with Gasteiger partial charge in [0.05, 0.1) is 27.4 Å². The first kappa shape index (κ1) is 26.5. The Morgan fingerprint density at radius 1 is 1.00 bits per heavy atom. The predicted octanol–water partition coefficient (Wildman–Crippen LogP) is 5.63. The average Bonchev–Trinajstić information content (AvgIpc) is 2.91. The molecular weight excluding hydrogens is 470 g/mol. The van der Waals surface area contributed by atoms with Gasteiger partial charge in [-0.2, -0.15) is 0 Å². The Kier molecular flexibility index (Phi) is 8.00. The molecule has 0 aromatic heterocycles. The summed E-state index contributed by atoms with van der Waals surface area (Å²) in [6, 6.07) is 13.3. The lowest BCUT2D eigenvalue weighted by Crippen LogP contribution is -2.39. The number of Topliss-reactive ketones (excluding diaryl/α,β-unsaturated/α-hetero) is 1. The largest absolute Gasteiger partial charge is 0.497 e. The molecule has 1 heterocycles. The van der Waals surface area contributed by atoms with Crippen molar-refractivity contribution in [2.45, 2.75) is 58.0 Å². The summed E-state index contributed by atoms with van der Waals surface area (Å²) in [5.74, 6) is 0.271. The van der Waals surface area contributed by atoms with Gasteiger partial charge in [-0.05, 0) is 56.4 Å². The van der Waals surface area contributed by atoms with E-state index in [-0.39, 0.29) is 23.8 Å². The second kappa shape index (κ2) is 11.2. The topological polar surface area (TPSA) is 83.4 Å². The fraction of sp³-hybridized carbons (Fsp3) is 0.433. The number of carbonyl (C=O) groups is 2. The summed E-state index contributed by atoms with van der Waals surface area (Å²) in [7, 11) is 4.79. The van der Waals surface area contributed by atoms with Crippen LogP contribution in [0.25, 0.3) is 0 Å². The second-order valence-corrected chi connectivity index (χ2v) is 9.63. The smallest absolute Gasteiger partial charge is 0.315 e. The highest BCUT2D eigenvalue weighted by molar-refractivity contribution is 6.09. The number of hydrogen-bond acceptors (Lipinski definition) is 7. The maximum Gasteiger partial charge on any atom is 0.315 e. The van der Waals surface area contributed by atoms with E-state index in [4.69, 9.17) is 23.9 Å². The number of benzene rings is 2. The van der Waals surface area contributed by atoms with Gasteiger partial charge < -0.3 is 18.9 Å². The van der Waals surface area contributed by atoms with Gasteiger partial charge in [0.2, 0.25) is 0 Å². The highest BCUT2D eigenvalue weighted by atomic mass is 16.5. The first-order chi connectivity index (χ1) is 17.8.